The summed E-state index contributed by atoms with van der Waals surface area (Å²) in [5.74, 6) is 1.50. The SMILES string of the molecule is COc1ccc([C@@H](NC(=O)CN2C[C@@H](C)O[C@@H](C)C2)C2CC2)cc1. The molecule has 0 bridgehead atoms. The van der Waals surface area contributed by atoms with Crippen LogP contribution in [0, 0.1) is 5.92 Å². The minimum Gasteiger partial charge on any atom is -0.497 e. The molecule has 0 aromatic heterocycles. The monoisotopic (exact) mass is 332 g/mol. The number of morpholine rings is 1. The van der Waals surface area contributed by atoms with Crippen molar-refractivity contribution in [3.63, 3.8) is 0 Å². The molecule has 1 aromatic rings. The number of benzene rings is 1. The van der Waals surface area contributed by atoms with Gasteiger partial charge in [0.25, 0.3) is 0 Å². The molecule has 24 heavy (non-hydrogen) atoms. The minimum atomic E-state index is 0.101. The summed E-state index contributed by atoms with van der Waals surface area (Å²) in [5.41, 5.74) is 1.16. The summed E-state index contributed by atoms with van der Waals surface area (Å²) >= 11 is 0. The Balaban J connectivity index is 1.59. The van der Waals surface area contributed by atoms with Gasteiger partial charge in [-0.05, 0) is 50.3 Å². The minimum absolute atomic E-state index is 0.101. The standard InChI is InChI=1S/C19H28N2O3/c1-13-10-21(11-14(2)24-13)12-18(22)20-19(15-4-5-15)16-6-8-17(23-3)9-7-16/h6-9,13-15,19H,4-5,10-12H2,1-3H3,(H,20,22)/t13-,14+,19-/m0/s1. The van der Waals surface area contributed by atoms with Crippen molar-refractivity contribution in [3.05, 3.63) is 29.8 Å². The fourth-order valence-electron chi connectivity index (χ4n) is 3.55. The lowest BCUT2D eigenvalue weighted by atomic mass is 10.0. The van der Waals surface area contributed by atoms with Gasteiger partial charge in [-0.3, -0.25) is 9.69 Å². The highest BCUT2D eigenvalue weighted by Crippen LogP contribution is 2.41. The van der Waals surface area contributed by atoms with Crippen LogP contribution in [0.5, 0.6) is 5.75 Å². The quantitative estimate of drug-likeness (QED) is 0.869. The summed E-state index contributed by atoms with van der Waals surface area (Å²) in [5, 5.41) is 3.25. The van der Waals surface area contributed by atoms with E-state index in [-0.39, 0.29) is 24.2 Å². The van der Waals surface area contributed by atoms with E-state index in [2.05, 4.69) is 36.2 Å². The first-order valence-corrected chi connectivity index (χ1v) is 8.86. The van der Waals surface area contributed by atoms with Crippen LogP contribution in [0.1, 0.15) is 38.3 Å². The maximum Gasteiger partial charge on any atom is 0.234 e. The molecule has 1 aliphatic heterocycles. The van der Waals surface area contributed by atoms with Crippen LogP contribution in [-0.2, 0) is 9.53 Å². The molecule has 1 N–H and O–H groups in total. The van der Waals surface area contributed by atoms with Crippen LogP contribution in [0.3, 0.4) is 0 Å². The van der Waals surface area contributed by atoms with Crippen molar-refractivity contribution in [2.45, 2.75) is 44.9 Å². The molecule has 2 aliphatic rings. The van der Waals surface area contributed by atoms with E-state index < -0.39 is 0 Å². The molecule has 1 heterocycles. The number of amides is 1. The van der Waals surface area contributed by atoms with Crippen molar-refractivity contribution in [3.8, 4) is 5.75 Å². The van der Waals surface area contributed by atoms with E-state index >= 15 is 0 Å². The third-order valence-corrected chi connectivity index (χ3v) is 4.75. The van der Waals surface area contributed by atoms with Gasteiger partial charge in [-0.2, -0.15) is 0 Å². The van der Waals surface area contributed by atoms with Gasteiger partial charge in [0, 0.05) is 13.1 Å². The Hall–Kier alpha value is -1.59. The molecule has 0 unspecified atom stereocenters. The maximum absolute atomic E-state index is 12.5. The second-order valence-corrected chi connectivity index (χ2v) is 7.11. The third kappa shape index (κ3) is 4.48. The highest BCUT2D eigenvalue weighted by Gasteiger charge is 2.34. The van der Waals surface area contributed by atoms with Crippen LogP contribution >= 0.6 is 0 Å². The topological polar surface area (TPSA) is 50.8 Å². The molecule has 5 heteroatoms. The molecule has 1 aromatic carbocycles. The molecule has 1 saturated carbocycles. The zero-order valence-electron chi connectivity index (χ0n) is 14.8. The van der Waals surface area contributed by atoms with Crippen molar-refractivity contribution in [1.29, 1.82) is 0 Å². The Morgan fingerprint density at radius 1 is 1.25 bits per heavy atom. The predicted octanol–water partition coefficient (Wildman–Crippen LogP) is 2.37. The number of ether oxygens (including phenoxy) is 2. The number of carbonyl (C=O) groups excluding carboxylic acids is 1. The maximum atomic E-state index is 12.5. The summed E-state index contributed by atoms with van der Waals surface area (Å²) in [6.45, 7) is 6.19. The van der Waals surface area contributed by atoms with Crippen molar-refractivity contribution >= 4 is 5.91 Å². The van der Waals surface area contributed by atoms with Gasteiger partial charge < -0.3 is 14.8 Å². The first kappa shape index (κ1) is 17.2. The molecule has 1 amide bonds. The van der Waals surface area contributed by atoms with Crippen molar-refractivity contribution in [2.75, 3.05) is 26.7 Å². The molecule has 0 radical (unpaired) electrons. The molecule has 1 saturated heterocycles. The largest absolute Gasteiger partial charge is 0.497 e. The van der Waals surface area contributed by atoms with Gasteiger partial charge in [-0.15, -0.1) is 0 Å². The Morgan fingerprint density at radius 3 is 2.42 bits per heavy atom. The highest BCUT2D eigenvalue weighted by atomic mass is 16.5. The van der Waals surface area contributed by atoms with Crippen LogP contribution in [0.25, 0.3) is 0 Å². The van der Waals surface area contributed by atoms with Gasteiger partial charge in [-0.25, -0.2) is 0 Å². The van der Waals surface area contributed by atoms with E-state index in [9.17, 15) is 4.79 Å². The summed E-state index contributed by atoms with van der Waals surface area (Å²) in [6.07, 6.45) is 2.73. The van der Waals surface area contributed by atoms with E-state index in [4.69, 9.17) is 9.47 Å². The number of hydrogen-bond acceptors (Lipinski definition) is 4. The molecule has 5 nitrogen and oxygen atoms in total. The molecule has 3 atom stereocenters. The summed E-state index contributed by atoms with van der Waals surface area (Å²) in [4.78, 5) is 14.7. The van der Waals surface area contributed by atoms with Gasteiger partial charge in [0.15, 0.2) is 0 Å². The van der Waals surface area contributed by atoms with Crippen molar-refractivity contribution in [1.82, 2.24) is 10.2 Å². The first-order valence-electron chi connectivity index (χ1n) is 8.86. The molecule has 2 fully saturated rings. The number of methoxy groups -OCH3 is 1. The number of hydrogen-bond donors (Lipinski definition) is 1. The summed E-state index contributed by atoms with van der Waals surface area (Å²) < 4.78 is 11.0. The second-order valence-electron chi connectivity index (χ2n) is 7.11. The Kier molecular flexibility index (Phi) is 5.41. The van der Waals surface area contributed by atoms with Crippen LogP contribution in [0.15, 0.2) is 24.3 Å². The van der Waals surface area contributed by atoms with Crippen LogP contribution < -0.4 is 10.1 Å². The van der Waals surface area contributed by atoms with E-state index in [1.54, 1.807) is 7.11 Å². The molecular formula is C19H28N2O3. The van der Waals surface area contributed by atoms with Crippen LogP contribution in [0.2, 0.25) is 0 Å². The average molecular weight is 332 g/mol. The van der Waals surface area contributed by atoms with Gasteiger partial charge >= 0.3 is 0 Å². The van der Waals surface area contributed by atoms with Gasteiger partial charge in [0.1, 0.15) is 5.75 Å². The van der Waals surface area contributed by atoms with E-state index in [1.165, 1.54) is 12.8 Å². The molecule has 3 rings (SSSR count). The van der Waals surface area contributed by atoms with E-state index in [0.29, 0.717) is 12.5 Å². The summed E-state index contributed by atoms with van der Waals surface area (Å²) in [7, 11) is 1.67. The zero-order valence-corrected chi connectivity index (χ0v) is 14.8. The number of nitrogens with zero attached hydrogens (tertiary/aromatic N) is 1. The average Bonchev–Trinajstić information content (AvgIpc) is 3.36. The molecule has 0 spiro atoms. The summed E-state index contributed by atoms with van der Waals surface area (Å²) in [6, 6.07) is 8.14. The Labute approximate surface area is 144 Å². The lowest BCUT2D eigenvalue weighted by molar-refractivity contribution is -0.126. The first-order chi connectivity index (χ1) is 11.5. The number of nitrogens with one attached hydrogen (secondary N) is 1. The second kappa shape index (κ2) is 7.53. The van der Waals surface area contributed by atoms with E-state index in [0.717, 1.165) is 24.4 Å². The lowest BCUT2D eigenvalue weighted by Gasteiger charge is -2.35. The third-order valence-electron chi connectivity index (χ3n) is 4.75. The molecule has 1 aliphatic carbocycles. The van der Waals surface area contributed by atoms with E-state index in [1.807, 2.05) is 12.1 Å². The molecular weight excluding hydrogens is 304 g/mol. The Bertz CT molecular complexity index is 546. The predicted molar refractivity (Wildman–Crippen MR) is 93.1 cm³/mol. The highest BCUT2D eigenvalue weighted by molar-refractivity contribution is 5.78. The zero-order chi connectivity index (χ0) is 17.1. The van der Waals surface area contributed by atoms with Crippen LogP contribution in [0.4, 0.5) is 0 Å². The molecule has 132 valence electrons. The van der Waals surface area contributed by atoms with Crippen molar-refractivity contribution < 1.29 is 14.3 Å². The smallest absolute Gasteiger partial charge is 0.234 e. The fourth-order valence-corrected chi connectivity index (χ4v) is 3.55. The number of rotatable bonds is 6. The van der Waals surface area contributed by atoms with Crippen molar-refractivity contribution in [2.24, 2.45) is 5.92 Å². The Morgan fingerprint density at radius 2 is 1.88 bits per heavy atom. The fraction of sp³-hybridized carbons (Fsp3) is 0.632. The normalized spacial score (nSPS) is 26.0. The van der Waals surface area contributed by atoms with Gasteiger partial charge in [0.2, 0.25) is 5.91 Å². The van der Waals surface area contributed by atoms with Gasteiger partial charge in [-0.1, -0.05) is 12.1 Å². The van der Waals surface area contributed by atoms with Crippen LogP contribution in [-0.4, -0.2) is 49.8 Å². The van der Waals surface area contributed by atoms with Gasteiger partial charge in [0.05, 0.1) is 31.9 Å². The number of carbonyl (C=O) groups is 1. The lowest BCUT2D eigenvalue weighted by Crippen LogP contribution is -2.49.